The molecule has 4 unspecified atom stereocenters. The lowest BCUT2D eigenvalue weighted by Gasteiger charge is -2.21. The van der Waals surface area contributed by atoms with Gasteiger partial charge in [0.25, 0.3) is 0 Å². The number of aliphatic hydroxyl groups is 2. The van der Waals surface area contributed by atoms with Crippen molar-refractivity contribution >= 4 is 6.16 Å². The summed E-state index contributed by atoms with van der Waals surface area (Å²) in [5, 5.41) is 17.7. The Kier molecular flexibility index (Phi) is 7.08. The second-order valence-corrected chi connectivity index (χ2v) is 4.22. The van der Waals surface area contributed by atoms with Crippen LogP contribution in [0, 0.1) is 11.8 Å². The number of rotatable bonds is 6. The lowest BCUT2D eigenvalue weighted by molar-refractivity contribution is -0.0291. The third-order valence-electron chi connectivity index (χ3n) is 2.74. The maximum atomic E-state index is 11.3. The zero-order chi connectivity index (χ0) is 12.7. The van der Waals surface area contributed by atoms with Crippen molar-refractivity contribution in [2.24, 2.45) is 11.8 Å². The van der Waals surface area contributed by atoms with Crippen LogP contribution in [0.3, 0.4) is 0 Å². The van der Waals surface area contributed by atoms with Crippen LogP contribution in [0.5, 0.6) is 0 Å². The summed E-state index contributed by atoms with van der Waals surface area (Å²) in [6.07, 6.45) is -1.55. The molecule has 0 bridgehead atoms. The van der Waals surface area contributed by atoms with Gasteiger partial charge in [-0.2, -0.15) is 0 Å². The van der Waals surface area contributed by atoms with E-state index in [9.17, 15) is 4.79 Å². The molecule has 0 aliphatic rings. The van der Waals surface area contributed by atoms with Gasteiger partial charge in [-0.25, -0.2) is 4.79 Å². The second kappa shape index (κ2) is 7.46. The molecule has 0 amide bonds. The Balaban J connectivity index is 3.99. The van der Waals surface area contributed by atoms with E-state index in [0.29, 0.717) is 0 Å². The van der Waals surface area contributed by atoms with Gasteiger partial charge >= 0.3 is 6.16 Å². The first-order valence-corrected chi connectivity index (χ1v) is 5.51. The largest absolute Gasteiger partial charge is 0.508 e. The van der Waals surface area contributed by atoms with Gasteiger partial charge in [-0.3, -0.25) is 0 Å². The highest BCUT2D eigenvalue weighted by Gasteiger charge is 2.21. The van der Waals surface area contributed by atoms with Crippen molar-refractivity contribution in [2.45, 2.75) is 39.9 Å². The Bertz CT molecular complexity index is 187. The van der Waals surface area contributed by atoms with Gasteiger partial charge < -0.3 is 19.7 Å². The molecule has 0 aliphatic heterocycles. The summed E-state index contributed by atoms with van der Waals surface area (Å²) in [5.74, 6) is -0.253. The fraction of sp³-hybridized carbons (Fsp3) is 0.909. The standard InChI is InChI=1S/C11H22O5/c1-7(5-12)9(3)15-11(14)16-10(4)8(2)6-13/h7-10,12-13H,5-6H2,1-4H3. The zero-order valence-electron chi connectivity index (χ0n) is 10.3. The Morgan fingerprint density at radius 3 is 1.50 bits per heavy atom. The normalized spacial score (nSPS) is 18.4. The third-order valence-corrected chi connectivity index (χ3v) is 2.74. The van der Waals surface area contributed by atoms with Crippen LogP contribution in [-0.2, 0) is 9.47 Å². The molecule has 4 atom stereocenters. The molecule has 5 heteroatoms. The summed E-state index contributed by atoms with van der Waals surface area (Å²) in [7, 11) is 0. The minimum atomic E-state index is -0.763. The minimum Gasteiger partial charge on any atom is -0.431 e. The predicted molar refractivity (Wildman–Crippen MR) is 59.0 cm³/mol. The highest BCUT2D eigenvalue weighted by atomic mass is 16.7. The maximum absolute atomic E-state index is 11.3. The second-order valence-electron chi connectivity index (χ2n) is 4.22. The Labute approximate surface area is 96.4 Å². The van der Waals surface area contributed by atoms with Gasteiger partial charge in [0.2, 0.25) is 0 Å². The van der Waals surface area contributed by atoms with E-state index in [1.54, 1.807) is 27.7 Å². The number of ether oxygens (including phenoxy) is 2. The summed E-state index contributed by atoms with van der Waals surface area (Å²) >= 11 is 0. The first kappa shape index (κ1) is 15.2. The summed E-state index contributed by atoms with van der Waals surface area (Å²) in [6, 6.07) is 0. The number of hydrogen-bond acceptors (Lipinski definition) is 5. The predicted octanol–water partition coefficient (Wildman–Crippen LogP) is 1.17. The van der Waals surface area contributed by atoms with E-state index in [0.717, 1.165) is 0 Å². The summed E-state index contributed by atoms with van der Waals surface area (Å²) in [5.41, 5.74) is 0. The van der Waals surface area contributed by atoms with E-state index in [2.05, 4.69) is 0 Å². The third kappa shape index (κ3) is 5.32. The van der Waals surface area contributed by atoms with Crippen molar-refractivity contribution in [1.82, 2.24) is 0 Å². The van der Waals surface area contributed by atoms with Gasteiger partial charge in [0.1, 0.15) is 12.2 Å². The van der Waals surface area contributed by atoms with E-state index in [1.165, 1.54) is 0 Å². The molecule has 0 aromatic heterocycles. The van der Waals surface area contributed by atoms with Crippen molar-refractivity contribution in [2.75, 3.05) is 13.2 Å². The highest BCUT2D eigenvalue weighted by molar-refractivity contribution is 5.60. The van der Waals surface area contributed by atoms with Crippen molar-refractivity contribution in [3.05, 3.63) is 0 Å². The highest BCUT2D eigenvalue weighted by Crippen LogP contribution is 2.11. The monoisotopic (exact) mass is 234 g/mol. The molecule has 16 heavy (non-hydrogen) atoms. The van der Waals surface area contributed by atoms with Crippen LogP contribution in [0.25, 0.3) is 0 Å². The van der Waals surface area contributed by atoms with E-state index in [1.807, 2.05) is 0 Å². The van der Waals surface area contributed by atoms with Crippen molar-refractivity contribution < 1.29 is 24.5 Å². The van der Waals surface area contributed by atoms with Gasteiger partial charge in [-0.05, 0) is 13.8 Å². The smallest absolute Gasteiger partial charge is 0.431 e. The molecule has 0 saturated carbocycles. The molecule has 2 N–H and O–H groups in total. The Morgan fingerprint density at radius 1 is 0.938 bits per heavy atom. The fourth-order valence-corrected chi connectivity index (χ4v) is 0.861. The maximum Gasteiger partial charge on any atom is 0.508 e. The van der Waals surface area contributed by atoms with Crippen molar-refractivity contribution in [1.29, 1.82) is 0 Å². The van der Waals surface area contributed by atoms with Crippen LogP contribution < -0.4 is 0 Å². The number of aliphatic hydroxyl groups excluding tert-OH is 2. The van der Waals surface area contributed by atoms with Crippen LogP contribution in [0.15, 0.2) is 0 Å². The summed E-state index contributed by atoms with van der Waals surface area (Å²) in [6.45, 7) is 6.86. The topological polar surface area (TPSA) is 76.0 Å². The average molecular weight is 234 g/mol. The molecule has 5 nitrogen and oxygen atoms in total. The Morgan fingerprint density at radius 2 is 1.25 bits per heavy atom. The van der Waals surface area contributed by atoms with Gasteiger partial charge in [-0.15, -0.1) is 0 Å². The van der Waals surface area contributed by atoms with E-state index in [-0.39, 0.29) is 25.0 Å². The lowest BCUT2D eigenvalue weighted by Crippen LogP contribution is -2.29. The number of carbonyl (C=O) groups excluding carboxylic acids is 1. The van der Waals surface area contributed by atoms with E-state index in [4.69, 9.17) is 19.7 Å². The summed E-state index contributed by atoms with van der Waals surface area (Å²) in [4.78, 5) is 11.3. The molecule has 0 aliphatic carbocycles. The van der Waals surface area contributed by atoms with Crippen LogP contribution in [0.1, 0.15) is 27.7 Å². The molecule has 0 heterocycles. The molecule has 0 rings (SSSR count). The van der Waals surface area contributed by atoms with Gasteiger partial charge in [-0.1, -0.05) is 13.8 Å². The SMILES string of the molecule is CC(CO)C(C)OC(=O)OC(C)C(C)CO. The van der Waals surface area contributed by atoms with Crippen molar-refractivity contribution in [3.8, 4) is 0 Å². The quantitative estimate of drug-likeness (QED) is 0.675. The summed E-state index contributed by atoms with van der Waals surface area (Å²) < 4.78 is 9.93. The molecule has 0 radical (unpaired) electrons. The van der Waals surface area contributed by atoms with Crippen molar-refractivity contribution in [3.63, 3.8) is 0 Å². The molecular formula is C11H22O5. The van der Waals surface area contributed by atoms with Crippen LogP contribution >= 0.6 is 0 Å². The molecule has 0 saturated heterocycles. The van der Waals surface area contributed by atoms with Gasteiger partial charge in [0.05, 0.1) is 0 Å². The molecular weight excluding hydrogens is 212 g/mol. The van der Waals surface area contributed by atoms with Crippen LogP contribution in [0.4, 0.5) is 4.79 Å². The van der Waals surface area contributed by atoms with Crippen LogP contribution in [0.2, 0.25) is 0 Å². The average Bonchev–Trinajstić information content (AvgIpc) is 2.26. The van der Waals surface area contributed by atoms with E-state index >= 15 is 0 Å². The van der Waals surface area contributed by atoms with Crippen LogP contribution in [-0.4, -0.2) is 41.8 Å². The Hall–Kier alpha value is -0.810. The number of hydrogen-bond donors (Lipinski definition) is 2. The first-order chi connectivity index (χ1) is 7.42. The van der Waals surface area contributed by atoms with Gasteiger partial charge in [0.15, 0.2) is 0 Å². The molecule has 0 aromatic carbocycles. The van der Waals surface area contributed by atoms with Gasteiger partial charge in [0, 0.05) is 25.0 Å². The van der Waals surface area contributed by atoms with E-state index < -0.39 is 18.4 Å². The zero-order valence-corrected chi connectivity index (χ0v) is 10.3. The minimum absolute atomic E-state index is 0.0446. The number of carbonyl (C=O) groups is 1. The first-order valence-electron chi connectivity index (χ1n) is 5.51. The molecule has 0 aromatic rings. The lowest BCUT2D eigenvalue weighted by atomic mass is 10.1. The molecule has 96 valence electrons. The molecule has 0 fully saturated rings. The fourth-order valence-electron chi connectivity index (χ4n) is 0.861. The molecule has 0 spiro atoms.